The van der Waals surface area contributed by atoms with Gasteiger partial charge in [0.05, 0.1) is 15.7 Å². The van der Waals surface area contributed by atoms with Crippen LogP contribution < -0.4 is 20.7 Å². The summed E-state index contributed by atoms with van der Waals surface area (Å²) in [6.45, 7) is -0.230. The molecule has 0 atom stereocenters. The topological polar surface area (TPSA) is 79.5 Å². The van der Waals surface area contributed by atoms with E-state index in [4.69, 9.17) is 16.3 Å². The number of anilines is 4. The highest BCUT2D eigenvalue weighted by Crippen LogP contribution is 2.28. The maximum atomic E-state index is 12.9. The van der Waals surface area contributed by atoms with Crippen molar-refractivity contribution >= 4 is 62.1 Å². The molecular formula is C27H21BrClN3O3. The van der Waals surface area contributed by atoms with Crippen LogP contribution in [0.3, 0.4) is 0 Å². The number of benzene rings is 4. The van der Waals surface area contributed by atoms with Gasteiger partial charge < -0.3 is 20.7 Å². The van der Waals surface area contributed by atoms with Crippen molar-refractivity contribution in [1.29, 1.82) is 0 Å². The number of carbonyl (C=O) groups excluding carboxylic acids is 2. The lowest BCUT2D eigenvalue weighted by molar-refractivity contribution is -0.118. The van der Waals surface area contributed by atoms with Gasteiger partial charge in [0.25, 0.3) is 11.8 Å². The molecule has 0 aliphatic heterocycles. The fourth-order valence-electron chi connectivity index (χ4n) is 3.24. The molecule has 4 rings (SSSR count). The van der Waals surface area contributed by atoms with E-state index in [0.717, 1.165) is 11.4 Å². The van der Waals surface area contributed by atoms with E-state index in [9.17, 15) is 9.59 Å². The van der Waals surface area contributed by atoms with Crippen LogP contribution in [-0.4, -0.2) is 18.4 Å². The van der Waals surface area contributed by atoms with E-state index in [-0.39, 0.29) is 12.5 Å². The molecule has 3 N–H and O–H groups in total. The van der Waals surface area contributed by atoms with Crippen molar-refractivity contribution in [2.75, 3.05) is 22.6 Å². The van der Waals surface area contributed by atoms with E-state index < -0.39 is 5.91 Å². The number of halogens is 2. The molecule has 0 radical (unpaired) electrons. The number of hydrogen-bond donors (Lipinski definition) is 3. The second kappa shape index (κ2) is 11.6. The van der Waals surface area contributed by atoms with Crippen LogP contribution in [0.15, 0.2) is 102 Å². The van der Waals surface area contributed by atoms with Crippen LogP contribution in [0.5, 0.6) is 5.75 Å². The third-order valence-electron chi connectivity index (χ3n) is 4.90. The monoisotopic (exact) mass is 549 g/mol. The van der Waals surface area contributed by atoms with Crippen LogP contribution in [0.1, 0.15) is 10.4 Å². The number of hydrogen-bond acceptors (Lipinski definition) is 4. The highest BCUT2D eigenvalue weighted by molar-refractivity contribution is 9.10. The Morgan fingerprint density at radius 3 is 2.17 bits per heavy atom. The molecule has 0 bridgehead atoms. The van der Waals surface area contributed by atoms with Crippen molar-refractivity contribution in [3.8, 4) is 5.75 Å². The molecule has 2 amide bonds. The molecule has 0 heterocycles. The Kier molecular flexibility index (Phi) is 8.03. The van der Waals surface area contributed by atoms with Gasteiger partial charge in [0.2, 0.25) is 0 Å². The van der Waals surface area contributed by atoms with Crippen LogP contribution in [0.25, 0.3) is 0 Å². The summed E-state index contributed by atoms with van der Waals surface area (Å²) >= 11 is 9.28. The van der Waals surface area contributed by atoms with Crippen molar-refractivity contribution in [3.05, 3.63) is 112 Å². The number of rotatable bonds is 8. The van der Waals surface area contributed by atoms with E-state index in [2.05, 4.69) is 31.9 Å². The first-order chi connectivity index (χ1) is 17.0. The van der Waals surface area contributed by atoms with Crippen molar-refractivity contribution in [2.24, 2.45) is 0 Å². The Morgan fingerprint density at radius 2 is 1.43 bits per heavy atom. The summed E-state index contributed by atoms with van der Waals surface area (Å²) in [5, 5.41) is 9.45. The minimum Gasteiger partial charge on any atom is -0.483 e. The SMILES string of the molecule is O=C(COc1ccc(Cl)cc1Br)Nc1ccccc1C(=O)Nc1ccc(Nc2ccccc2)cc1. The van der Waals surface area contributed by atoms with E-state index in [1.54, 1.807) is 42.5 Å². The summed E-state index contributed by atoms with van der Waals surface area (Å²) in [7, 11) is 0. The van der Waals surface area contributed by atoms with Gasteiger partial charge in [-0.3, -0.25) is 9.59 Å². The van der Waals surface area contributed by atoms with Crippen LogP contribution >= 0.6 is 27.5 Å². The smallest absolute Gasteiger partial charge is 0.262 e. The quantitative estimate of drug-likeness (QED) is 0.218. The highest BCUT2D eigenvalue weighted by Gasteiger charge is 2.14. The summed E-state index contributed by atoms with van der Waals surface area (Å²) < 4.78 is 6.19. The Hall–Kier alpha value is -3.81. The zero-order chi connectivity index (χ0) is 24.6. The summed E-state index contributed by atoms with van der Waals surface area (Å²) in [6, 6.07) is 29.0. The fraction of sp³-hybridized carbons (Fsp3) is 0.0370. The number of nitrogens with one attached hydrogen (secondary N) is 3. The predicted octanol–water partition coefficient (Wildman–Crippen LogP) is 7.12. The molecule has 0 saturated heterocycles. The maximum Gasteiger partial charge on any atom is 0.262 e. The maximum absolute atomic E-state index is 12.9. The number of ether oxygens (including phenoxy) is 1. The molecule has 0 saturated carbocycles. The van der Waals surface area contributed by atoms with Gasteiger partial charge in [0.15, 0.2) is 6.61 Å². The first kappa shape index (κ1) is 24.3. The fourth-order valence-corrected chi connectivity index (χ4v) is 4.03. The first-order valence-corrected chi connectivity index (χ1v) is 11.9. The lowest BCUT2D eigenvalue weighted by Crippen LogP contribution is -2.22. The Morgan fingerprint density at radius 1 is 0.771 bits per heavy atom. The molecule has 0 unspecified atom stereocenters. The van der Waals surface area contributed by atoms with E-state index >= 15 is 0 Å². The largest absolute Gasteiger partial charge is 0.483 e. The Labute approximate surface area is 216 Å². The second-order valence-electron chi connectivity index (χ2n) is 7.48. The highest BCUT2D eigenvalue weighted by atomic mass is 79.9. The molecule has 4 aromatic carbocycles. The summed E-state index contributed by atoms with van der Waals surface area (Å²) in [4.78, 5) is 25.4. The van der Waals surface area contributed by atoms with Gasteiger partial charge in [-0.1, -0.05) is 41.9 Å². The zero-order valence-electron chi connectivity index (χ0n) is 18.4. The molecule has 0 aromatic heterocycles. The van der Waals surface area contributed by atoms with Gasteiger partial charge in [-0.15, -0.1) is 0 Å². The lowest BCUT2D eigenvalue weighted by Gasteiger charge is -2.13. The molecule has 6 nitrogen and oxygen atoms in total. The van der Waals surface area contributed by atoms with Crippen LogP contribution in [0.4, 0.5) is 22.7 Å². The minimum atomic E-state index is -0.400. The van der Waals surface area contributed by atoms with Gasteiger partial charge in [-0.25, -0.2) is 0 Å². The van der Waals surface area contributed by atoms with Crippen LogP contribution in [0, 0.1) is 0 Å². The number of para-hydroxylation sites is 2. The Balaban J connectivity index is 1.37. The van der Waals surface area contributed by atoms with Gasteiger partial charge in [0.1, 0.15) is 5.75 Å². The Bertz CT molecular complexity index is 1330. The summed E-state index contributed by atoms with van der Waals surface area (Å²) in [6.07, 6.45) is 0. The minimum absolute atomic E-state index is 0.230. The molecule has 0 aliphatic rings. The molecule has 35 heavy (non-hydrogen) atoms. The average Bonchev–Trinajstić information content (AvgIpc) is 2.85. The van der Waals surface area contributed by atoms with Crippen molar-refractivity contribution in [3.63, 3.8) is 0 Å². The number of carbonyl (C=O) groups is 2. The summed E-state index contributed by atoms with van der Waals surface area (Å²) in [5.74, 6) is -0.254. The number of amides is 2. The molecular weight excluding hydrogens is 530 g/mol. The zero-order valence-corrected chi connectivity index (χ0v) is 20.8. The molecule has 0 fully saturated rings. The van der Waals surface area contributed by atoms with Crippen LogP contribution in [-0.2, 0) is 4.79 Å². The predicted molar refractivity (Wildman–Crippen MR) is 144 cm³/mol. The van der Waals surface area contributed by atoms with E-state index in [1.807, 2.05) is 54.6 Å². The molecule has 176 valence electrons. The molecule has 0 spiro atoms. The third-order valence-corrected chi connectivity index (χ3v) is 5.76. The van der Waals surface area contributed by atoms with Gasteiger partial charge in [-0.2, -0.15) is 0 Å². The van der Waals surface area contributed by atoms with E-state index in [1.165, 1.54) is 0 Å². The summed E-state index contributed by atoms with van der Waals surface area (Å²) in [5.41, 5.74) is 3.22. The van der Waals surface area contributed by atoms with Crippen molar-refractivity contribution in [2.45, 2.75) is 0 Å². The van der Waals surface area contributed by atoms with Crippen molar-refractivity contribution in [1.82, 2.24) is 0 Å². The van der Waals surface area contributed by atoms with Crippen molar-refractivity contribution < 1.29 is 14.3 Å². The van der Waals surface area contributed by atoms with Gasteiger partial charge in [-0.05, 0) is 82.7 Å². The third kappa shape index (κ3) is 6.85. The van der Waals surface area contributed by atoms with Crippen LogP contribution in [0.2, 0.25) is 5.02 Å². The van der Waals surface area contributed by atoms with Gasteiger partial charge >= 0.3 is 0 Å². The molecule has 4 aromatic rings. The second-order valence-corrected chi connectivity index (χ2v) is 8.77. The standard InChI is InChI=1S/C27H21BrClN3O3/c28-23-16-18(29)10-15-25(23)35-17-26(33)32-24-9-5-4-8-22(24)27(34)31-21-13-11-20(12-14-21)30-19-6-2-1-3-7-19/h1-16,30H,17H2,(H,31,34)(H,32,33). The first-order valence-electron chi connectivity index (χ1n) is 10.7. The average molecular weight is 551 g/mol. The van der Waals surface area contributed by atoms with E-state index in [0.29, 0.717) is 32.2 Å². The molecule has 0 aliphatic carbocycles. The van der Waals surface area contributed by atoms with Gasteiger partial charge in [0, 0.05) is 22.1 Å². The normalized spacial score (nSPS) is 10.3. The lowest BCUT2D eigenvalue weighted by atomic mass is 10.1. The molecule has 8 heteroatoms.